The van der Waals surface area contributed by atoms with Crippen molar-refractivity contribution in [2.75, 3.05) is 25.2 Å². The molecular formula is C23H37N7O6S. The van der Waals surface area contributed by atoms with E-state index in [1.165, 1.54) is 11.8 Å². The maximum Gasteiger partial charge on any atom is 0.326 e. The molecular weight excluding hydrogens is 502 g/mol. The Kier molecular flexibility index (Phi) is 14.7. The highest BCUT2D eigenvalue weighted by molar-refractivity contribution is 7.98. The van der Waals surface area contributed by atoms with Crippen LogP contribution in [-0.4, -0.2) is 89.2 Å². The summed E-state index contributed by atoms with van der Waals surface area (Å²) in [6.07, 6.45) is 2.65. The van der Waals surface area contributed by atoms with Crippen LogP contribution >= 0.6 is 11.8 Å². The van der Waals surface area contributed by atoms with Crippen molar-refractivity contribution in [3.8, 4) is 0 Å². The molecule has 0 fully saturated rings. The zero-order chi connectivity index (χ0) is 27.8. The fraction of sp³-hybridized carbons (Fsp3) is 0.522. The molecule has 14 heteroatoms. The number of amides is 3. The van der Waals surface area contributed by atoms with Gasteiger partial charge in [0.15, 0.2) is 5.96 Å². The molecule has 0 saturated carbocycles. The van der Waals surface area contributed by atoms with Gasteiger partial charge in [-0.2, -0.15) is 11.8 Å². The SMILES string of the molecule is CSCCC(NC(=O)C(N)Cc1ccccc1)C(=O)NC(CO)C(=O)NC(CCCN=C(N)N)C(=O)O. The highest BCUT2D eigenvalue weighted by atomic mass is 32.2. The average Bonchev–Trinajstić information content (AvgIpc) is 2.86. The van der Waals surface area contributed by atoms with Crippen LogP contribution in [0.3, 0.4) is 0 Å². The zero-order valence-corrected chi connectivity index (χ0v) is 21.6. The van der Waals surface area contributed by atoms with Gasteiger partial charge in [-0.05, 0) is 43.3 Å². The van der Waals surface area contributed by atoms with Crippen LogP contribution in [0.15, 0.2) is 35.3 Å². The average molecular weight is 540 g/mol. The predicted molar refractivity (Wildman–Crippen MR) is 142 cm³/mol. The molecule has 0 saturated heterocycles. The van der Waals surface area contributed by atoms with Crippen molar-refractivity contribution in [3.63, 3.8) is 0 Å². The molecule has 4 atom stereocenters. The van der Waals surface area contributed by atoms with E-state index in [0.29, 0.717) is 5.75 Å². The minimum absolute atomic E-state index is 0.0235. The van der Waals surface area contributed by atoms with Crippen LogP contribution in [0.2, 0.25) is 0 Å². The quantitative estimate of drug-likeness (QED) is 0.0609. The number of carboxylic acid groups (broad SMARTS) is 1. The third kappa shape index (κ3) is 12.4. The molecule has 0 bridgehead atoms. The molecule has 1 aromatic carbocycles. The van der Waals surface area contributed by atoms with Crippen LogP contribution in [0.1, 0.15) is 24.8 Å². The third-order valence-corrected chi connectivity index (χ3v) is 5.90. The first kappa shape index (κ1) is 31.7. The molecule has 0 aliphatic rings. The zero-order valence-electron chi connectivity index (χ0n) is 20.8. The van der Waals surface area contributed by atoms with Crippen molar-refractivity contribution in [3.05, 3.63) is 35.9 Å². The summed E-state index contributed by atoms with van der Waals surface area (Å²) >= 11 is 1.46. The highest BCUT2D eigenvalue weighted by Crippen LogP contribution is 2.06. The Morgan fingerprint density at radius 3 is 2.11 bits per heavy atom. The maximum atomic E-state index is 12.9. The second-order valence-electron chi connectivity index (χ2n) is 8.23. The number of nitrogens with two attached hydrogens (primary N) is 3. The van der Waals surface area contributed by atoms with Crippen LogP contribution < -0.4 is 33.2 Å². The summed E-state index contributed by atoms with van der Waals surface area (Å²) in [6.45, 7) is -0.611. The van der Waals surface area contributed by atoms with E-state index in [1.54, 1.807) is 0 Å². The van der Waals surface area contributed by atoms with Crippen molar-refractivity contribution in [2.24, 2.45) is 22.2 Å². The molecule has 206 valence electrons. The number of aliphatic imine (C=N–C) groups is 1. The Labute approximate surface area is 220 Å². The fourth-order valence-electron chi connectivity index (χ4n) is 3.24. The number of nitrogens with one attached hydrogen (secondary N) is 3. The summed E-state index contributed by atoms with van der Waals surface area (Å²) in [7, 11) is 0. The van der Waals surface area contributed by atoms with E-state index in [9.17, 15) is 29.4 Å². The van der Waals surface area contributed by atoms with Crippen molar-refractivity contribution in [1.29, 1.82) is 0 Å². The van der Waals surface area contributed by atoms with Crippen LogP contribution in [0.25, 0.3) is 0 Å². The number of benzene rings is 1. The highest BCUT2D eigenvalue weighted by Gasteiger charge is 2.29. The van der Waals surface area contributed by atoms with Gasteiger partial charge in [0.25, 0.3) is 0 Å². The number of hydrogen-bond donors (Lipinski definition) is 8. The molecule has 37 heavy (non-hydrogen) atoms. The minimum Gasteiger partial charge on any atom is -0.480 e. The summed E-state index contributed by atoms with van der Waals surface area (Å²) in [5.74, 6) is -3.04. The van der Waals surface area contributed by atoms with Crippen LogP contribution in [0.4, 0.5) is 0 Å². The van der Waals surface area contributed by atoms with Gasteiger partial charge < -0.3 is 43.4 Å². The molecule has 0 aliphatic carbocycles. The molecule has 1 aromatic rings. The molecule has 3 amide bonds. The molecule has 0 heterocycles. The van der Waals surface area contributed by atoms with Gasteiger partial charge in [0.1, 0.15) is 18.1 Å². The van der Waals surface area contributed by atoms with Gasteiger partial charge in [-0.3, -0.25) is 19.4 Å². The Balaban J connectivity index is 2.78. The summed E-state index contributed by atoms with van der Waals surface area (Å²) in [5, 5.41) is 26.4. The molecule has 0 aromatic heterocycles. The number of aliphatic carboxylic acids is 1. The number of carbonyl (C=O) groups excluding carboxylic acids is 3. The Morgan fingerprint density at radius 1 is 0.946 bits per heavy atom. The Morgan fingerprint density at radius 2 is 1.54 bits per heavy atom. The summed E-state index contributed by atoms with van der Waals surface area (Å²) < 4.78 is 0. The first-order valence-electron chi connectivity index (χ1n) is 11.7. The number of aliphatic hydroxyl groups is 1. The second kappa shape index (κ2) is 17.2. The lowest BCUT2D eigenvalue weighted by atomic mass is 10.1. The standard InChI is InChI=1S/C23H37N7O6S/c1-37-11-9-16(28-19(32)15(24)12-14-6-3-2-4-7-14)20(33)30-18(13-31)21(34)29-17(22(35)36)8-5-10-27-23(25)26/h2-4,6-7,15-18,31H,5,8-13,24H2,1H3,(H,28,32)(H,29,34)(H,30,33)(H,35,36)(H4,25,26,27). The number of thioether (sulfide) groups is 1. The summed E-state index contributed by atoms with van der Waals surface area (Å²) in [6, 6.07) is 4.53. The number of guanidine groups is 1. The lowest BCUT2D eigenvalue weighted by Gasteiger charge is -2.24. The largest absolute Gasteiger partial charge is 0.480 e. The maximum absolute atomic E-state index is 12.9. The molecule has 11 N–H and O–H groups in total. The lowest BCUT2D eigenvalue weighted by Crippen LogP contribution is -2.58. The fourth-order valence-corrected chi connectivity index (χ4v) is 3.72. The minimum atomic E-state index is -1.43. The number of nitrogens with zero attached hydrogens (tertiary/aromatic N) is 1. The number of carboxylic acids is 1. The number of rotatable bonds is 17. The summed E-state index contributed by atoms with van der Waals surface area (Å²) in [5.41, 5.74) is 17.3. The van der Waals surface area contributed by atoms with Gasteiger partial charge in [-0.15, -0.1) is 0 Å². The third-order valence-electron chi connectivity index (χ3n) is 5.25. The van der Waals surface area contributed by atoms with Gasteiger partial charge >= 0.3 is 5.97 Å². The van der Waals surface area contributed by atoms with Crippen molar-refractivity contribution >= 4 is 41.4 Å². The predicted octanol–water partition coefficient (Wildman–Crippen LogP) is -2.11. The number of hydrogen-bond acceptors (Lipinski definition) is 8. The van der Waals surface area contributed by atoms with Gasteiger partial charge in [0.2, 0.25) is 17.7 Å². The smallest absolute Gasteiger partial charge is 0.326 e. The van der Waals surface area contributed by atoms with Crippen molar-refractivity contribution in [1.82, 2.24) is 16.0 Å². The number of carbonyl (C=O) groups is 4. The van der Waals surface area contributed by atoms with E-state index in [1.807, 2.05) is 36.6 Å². The van der Waals surface area contributed by atoms with E-state index in [2.05, 4.69) is 20.9 Å². The summed E-state index contributed by atoms with van der Waals surface area (Å²) in [4.78, 5) is 53.5. The molecule has 4 unspecified atom stereocenters. The van der Waals surface area contributed by atoms with E-state index in [4.69, 9.17) is 17.2 Å². The molecule has 0 spiro atoms. The van der Waals surface area contributed by atoms with E-state index >= 15 is 0 Å². The first-order valence-corrected chi connectivity index (χ1v) is 13.1. The van der Waals surface area contributed by atoms with Gasteiger partial charge in [-0.1, -0.05) is 30.3 Å². The Bertz CT molecular complexity index is 914. The van der Waals surface area contributed by atoms with Crippen molar-refractivity contribution < 1.29 is 29.4 Å². The topological polar surface area (TPSA) is 235 Å². The van der Waals surface area contributed by atoms with Crippen molar-refractivity contribution in [2.45, 2.75) is 49.9 Å². The Hall–Kier alpha value is -3.36. The lowest BCUT2D eigenvalue weighted by molar-refractivity contribution is -0.142. The normalized spacial score (nSPS) is 13.9. The van der Waals surface area contributed by atoms with Gasteiger partial charge in [-0.25, -0.2) is 4.79 Å². The molecule has 13 nitrogen and oxygen atoms in total. The van der Waals surface area contributed by atoms with E-state index in [0.717, 1.165) is 5.56 Å². The number of aliphatic hydroxyl groups excluding tert-OH is 1. The van der Waals surface area contributed by atoms with Crippen LogP contribution in [-0.2, 0) is 25.6 Å². The van der Waals surface area contributed by atoms with Crippen LogP contribution in [0.5, 0.6) is 0 Å². The molecule has 1 rings (SSSR count). The van der Waals surface area contributed by atoms with Gasteiger partial charge in [0, 0.05) is 6.54 Å². The monoisotopic (exact) mass is 539 g/mol. The van der Waals surface area contributed by atoms with E-state index in [-0.39, 0.29) is 38.2 Å². The van der Waals surface area contributed by atoms with Crippen LogP contribution in [0, 0.1) is 0 Å². The second-order valence-corrected chi connectivity index (χ2v) is 9.22. The molecule has 0 aliphatic heterocycles. The molecule has 0 radical (unpaired) electrons. The van der Waals surface area contributed by atoms with E-state index < -0.39 is 54.5 Å². The van der Waals surface area contributed by atoms with Gasteiger partial charge in [0.05, 0.1) is 12.6 Å². The first-order chi connectivity index (χ1) is 17.6.